The summed E-state index contributed by atoms with van der Waals surface area (Å²) in [6.07, 6.45) is 1.05. The van der Waals surface area contributed by atoms with E-state index in [2.05, 4.69) is 4.72 Å². The Labute approximate surface area is 159 Å². The molecule has 1 aromatic carbocycles. The maximum Gasteiger partial charge on any atom is 0.423 e. The van der Waals surface area contributed by atoms with Gasteiger partial charge < -0.3 is 9.47 Å². The van der Waals surface area contributed by atoms with Gasteiger partial charge in [0.2, 0.25) is 0 Å². The van der Waals surface area contributed by atoms with Gasteiger partial charge in [0.15, 0.2) is 11.5 Å². The van der Waals surface area contributed by atoms with Gasteiger partial charge in [-0.2, -0.15) is 13.1 Å². The van der Waals surface area contributed by atoms with Gasteiger partial charge in [-0.25, -0.2) is 19.2 Å². The van der Waals surface area contributed by atoms with E-state index in [-0.39, 0.29) is 12.3 Å². The standard InChI is InChI=1S/C17H25N3O6S/c1-5-6-10-18-27(23,24)19-15(21)20(4)16(22)25-13-9-7-8-12-11-17(2,3)26-14(12)13/h7-9,18H,5-6,10-11H2,1-4H3,(H,19,21). The lowest BCUT2D eigenvalue weighted by Crippen LogP contribution is -2.48. The largest absolute Gasteiger partial charge is 0.483 e. The summed E-state index contributed by atoms with van der Waals surface area (Å²) < 4.78 is 38.6. The van der Waals surface area contributed by atoms with Crippen LogP contribution in [0.2, 0.25) is 0 Å². The molecule has 0 radical (unpaired) electrons. The third-order valence-electron chi connectivity index (χ3n) is 3.87. The minimum atomic E-state index is -4.05. The van der Waals surface area contributed by atoms with Gasteiger partial charge in [-0.15, -0.1) is 0 Å². The summed E-state index contributed by atoms with van der Waals surface area (Å²) in [6, 6.07) is 4.01. The predicted molar refractivity (Wildman–Crippen MR) is 99.0 cm³/mol. The Morgan fingerprint density at radius 1 is 1.33 bits per heavy atom. The van der Waals surface area contributed by atoms with Crippen molar-refractivity contribution in [2.24, 2.45) is 0 Å². The highest BCUT2D eigenvalue weighted by Crippen LogP contribution is 2.41. The monoisotopic (exact) mass is 399 g/mol. The molecule has 2 rings (SSSR count). The van der Waals surface area contributed by atoms with Crippen molar-refractivity contribution in [3.05, 3.63) is 23.8 Å². The molecule has 2 N–H and O–H groups in total. The second-order valence-corrected chi connectivity index (χ2v) is 8.37. The van der Waals surface area contributed by atoms with Crippen LogP contribution in [-0.2, 0) is 16.6 Å². The molecule has 0 fully saturated rings. The molecule has 1 aliphatic rings. The Hall–Kier alpha value is -2.33. The zero-order valence-electron chi connectivity index (χ0n) is 15.9. The van der Waals surface area contributed by atoms with Crippen LogP contribution in [0.3, 0.4) is 0 Å². The molecule has 3 amide bonds. The second-order valence-electron chi connectivity index (χ2n) is 6.87. The molecule has 0 atom stereocenters. The zero-order valence-corrected chi connectivity index (χ0v) is 16.7. The van der Waals surface area contributed by atoms with E-state index in [0.717, 1.165) is 19.0 Å². The molecular weight excluding hydrogens is 374 g/mol. The zero-order chi connectivity index (χ0) is 20.2. The highest BCUT2D eigenvalue weighted by atomic mass is 32.2. The van der Waals surface area contributed by atoms with Gasteiger partial charge in [0.1, 0.15) is 5.60 Å². The van der Waals surface area contributed by atoms with Crippen LogP contribution in [0.25, 0.3) is 0 Å². The average molecular weight is 399 g/mol. The molecule has 0 bridgehead atoms. The fourth-order valence-electron chi connectivity index (χ4n) is 2.52. The van der Waals surface area contributed by atoms with Crippen molar-refractivity contribution in [3.63, 3.8) is 0 Å². The minimum absolute atomic E-state index is 0.173. The number of para-hydroxylation sites is 1. The molecule has 0 aromatic heterocycles. The molecule has 0 aliphatic carbocycles. The van der Waals surface area contributed by atoms with Crippen LogP contribution in [0.15, 0.2) is 18.2 Å². The van der Waals surface area contributed by atoms with E-state index in [1.807, 2.05) is 26.8 Å². The van der Waals surface area contributed by atoms with Crippen molar-refractivity contribution >= 4 is 22.3 Å². The summed E-state index contributed by atoms with van der Waals surface area (Å²) >= 11 is 0. The van der Waals surface area contributed by atoms with Gasteiger partial charge in [0, 0.05) is 25.6 Å². The van der Waals surface area contributed by atoms with Crippen LogP contribution < -0.4 is 18.9 Å². The highest BCUT2D eigenvalue weighted by molar-refractivity contribution is 7.88. The molecular formula is C17H25N3O6S. The number of carbonyl (C=O) groups excluding carboxylic acids is 2. The molecule has 0 unspecified atom stereocenters. The van der Waals surface area contributed by atoms with Crippen molar-refractivity contribution in [2.45, 2.75) is 45.6 Å². The number of nitrogens with zero attached hydrogens (tertiary/aromatic N) is 1. The Bertz CT molecular complexity index is 822. The van der Waals surface area contributed by atoms with E-state index in [0.29, 0.717) is 23.5 Å². The van der Waals surface area contributed by atoms with Gasteiger partial charge in [0.05, 0.1) is 0 Å². The summed E-state index contributed by atoms with van der Waals surface area (Å²) in [7, 11) is -2.93. The number of fused-ring (bicyclic) bond motifs is 1. The molecule has 9 nitrogen and oxygen atoms in total. The van der Waals surface area contributed by atoms with Gasteiger partial charge in [-0.1, -0.05) is 25.5 Å². The van der Waals surface area contributed by atoms with E-state index in [9.17, 15) is 18.0 Å². The van der Waals surface area contributed by atoms with Gasteiger partial charge >= 0.3 is 22.3 Å². The summed E-state index contributed by atoms with van der Waals surface area (Å²) in [4.78, 5) is 24.8. The average Bonchev–Trinajstić information content (AvgIpc) is 2.88. The third kappa shape index (κ3) is 5.57. The number of benzene rings is 1. The summed E-state index contributed by atoms with van der Waals surface area (Å²) in [5.74, 6) is 0.616. The molecule has 0 spiro atoms. The van der Waals surface area contributed by atoms with Gasteiger partial charge in [-0.3, -0.25) is 0 Å². The van der Waals surface area contributed by atoms with Gasteiger partial charge in [-0.05, 0) is 26.3 Å². The number of amides is 3. The summed E-state index contributed by atoms with van der Waals surface area (Å²) in [6.45, 7) is 5.92. The van der Waals surface area contributed by atoms with Crippen molar-refractivity contribution in [1.82, 2.24) is 14.3 Å². The normalized spacial score (nSPS) is 14.8. The summed E-state index contributed by atoms with van der Waals surface area (Å²) in [5.41, 5.74) is 0.465. The number of unbranched alkanes of at least 4 members (excludes halogenated alkanes) is 1. The lowest BCUT2D eigenvalue weighted by atomic mass is 10.0. The first-order valence-corrected chi connectivity index (χ1v) is 10.1. The Kier molecular flexibility index (Phi) is 6.32. The smallest absolute Gasteiger partial charge is 0.423 e. The van der Waals surface area contributed by atoms with E-state index in [4.69, 9.17) is 9.47 Å². The van der Waals surface area contributed by atoms with E-state index < -0.39 is 27.9 Å². The molecule has 150 valence electrons. The lowest BCUT2D eigenvalue weighted by Gasteiger charge is -2.19. The first kappa shape index (κ1) is 21.0. The number of hydrogen-bond donors (Lipinski definition) is 2. The first-order chi connectivity index (χ1) is 12.5. The number of urea groups is 1. The molecule has 1 heterocycles. The number of ether oxygens (including phenoxy) is 2. The fraction of sp³-hybridized carbons (Fsp3) is 0.529. The molecule has 0 saturated carbocycles. The Morgan fingerprint density at radius 3 is 2.70 bits per heavy atom. The topological polar surface area (TPSA) is 114 Å². The van der Waals surface area contributed by atoms with Crippen LogP contribution in [0.1, 0.15) is 39.2 Å². The number of rotatable bonds is 6. The SMILES string of the molecule is CCCCNS(=O)(=O)NC(=O)N(C)C(=O)Oc1cccc2c1OC(C)(C)C2. The molecule has 10 heteroatoms. The Balaban J connectivity index is 2.01. The fourth-order valence-corrected chi connectivity index (χ4v) is 3.37. The van der Waals surface area contributed by atoms with Crippen molar-refractivity contribution < 1.29 is 27.5 Å². The number of carbonyl (C=O) groups is 2. The highest BCUT2D eigenvalue weighted by Gasteiger charge is 2.33. The van der Waals surface area contributed by atoms with Gasteiger partial charge in [0.25, 0.3) is 0 Å². The van der Waals surface area contributed by atoms with Crippen LogP contribution in [-0.4, -0.2) is 44.6 Å². The molecule has 1 aromatic rings. The van der Waals surface area contributed by atoms with Crippen LogP contribution in [0, 0.1) is 0 Å². The van der Waals surface area contributed by atoms with Crippen LogP contribution in [0.4, 0.5) is 9.59 Å². The predicted octanol–water partition coefficient (Wildman–Crippen LogP) is 2.17. The van der Waals surface area contributed by atoms with Crippen LogP contribution in [0.5, 0.6) is 11.5 Å². The third-order valence-corrected chi connectivity index (χ3v) is 4.90. The van der Waals surface area contributed by atoms with E-state index >= 15 is 0 Å². The Morgan fingerprint density at radius 2 is 2.04 bits per heavy atom. The molecule has 1 aliphatic heterocycles. The van der Waals surface area contributed by atoms with Crippen molar-refractivity contribution in [3.8, 4) is 11.5 Å². The molecule has 27 heavy (non-hydrogen) atoms. The number of imide groups is 1. The van der Waals surface area contributed by atoms with Crippen LogP contribution >= 0.6 is 0 Å². The summed E-state index contributed by atoms with van der Waals surface area (Å²) in [5, 5.41) is 0. The second kappa shape index (κ2) is 8.13. The maximum absolute atomic E-state index is 12.2. The van der Waals surface area contributed by atoms with E-state index in [1.165, 1.54) is 0 Å². The number of nitrogens with one attached hydrogen (secondary N) is 2. The molecule has 0 saturated heterocycles. The lowest BCUT2D eigenvalue weighted by molar-refractivity contribution is 0.129. The number of hydrogen-bond acceptors (Lipinski definition) is 6. The minimum Gasteiger partial charge on any atom is -0.483 e. The van der Waals surface area contributed by atoms with Crippen molar-refractivity contribution in [2.75, 3.05) is 13.6 Å². The van der Waals surface area contributed by atoms with E-state index in [1.54, 1.807) is 16.9 Å². The van der Waals surface area contributed by atoms with Crippen molar-refractivity contribution in [1.29, 1.82) is 0 Å². The first-order valence-electron chi connectivity index (χ1n) is 8.62. The quantitative estimate of drug-likeness (QED) is 0.709. The maximum atomic E-state index is 12.2.